The third-order valence-corrected chi connectivity index (χ3v) is 3.61. The van der Waals surface area contributed by atoms with Crippen molar-refractivity contribution in [3.8, 4) is 5.75 Å². The third kappa shape index (κ3) is 5.60. The second-order valence-electron chi connectivity index (χ2n) is 5.54. The maximum Gasteiger partial charge on any atom is 0.310 e. The molecule has 0 aliphatic heterocycles. The Hall–Kier alpha value is -2.89. The summed E-state index contributed by atoms with van der Waals surface area (Å²) in [4.78, 5) is 25.2. The van der Waals surface area contributed by atoms with Crippen LogP contribution >= 0.6 is 0 Å². The van der Waals surface area contributed by atoms with Crippen LogP contribution in [0.4, 0.5) is 4.39 Å². The van der Waals surface area contributed by atoms with Gasteiger partial charge in [-0.1, -0.05) is 36.4 Å². The second-order valence-corrected chi connectivity index (χ2v) is 5.54. The van der Waals surface area contributed by atoms with Gasteiger partial charge in [-0.2, -0.15) is 0 Å². The highest BCUT2D eigenvalue weighted by Gasteiger charge is 2.14. The number of nitrogens with zero attached hydrogens (tertiary/aromatic N) is 1. The van der Waals surface area contributed by atoms with E-state index in [9.17, 15) is 14.0 Å². The number of likely N-dealkylation sites (N-methyl/N-ethyl adjacent to an activating group) is 1. The highest BCUT2D eigenvalue weighted by Crippen LogP contribution is 2.18. The number of hydrogen-bond donors (Lipinski definition) is 0. The van der Waals surface area contributed by atoms with Crippen molar-refractivity contribution in [3.63, 3.8) is 0 Å². The minimum atomic E-state index is -0.491. The van der Waals surface area contributed by atoms with Crippen molar-refractivity contribution >= 4 is 11.9 Å². The number of esters is 1. The first-order chi connectivity index (χ1) is 12.0. The van der Waals surface area contributed by atoms with E-state index in [-0.39, 0.29) is 31.2 Å². The van der Waals surface area contributed by atoms with Crippen molar-refractivity contribution in [3.05, 3.63) is 65.5 Å². The Bertz CT molecular complexity index is 733. The van der Waals surface area contributed by atoms with Crippen LogP contribution in [0.2, 0.25) is 0 Å². The molecule has 0 heterocycles. The monoisotopic (exact) mass is 345 g/mol. The average molecular weight is 345 g/mol. The second kappa shape index (κ2) is 8.82. The molecule has 2 rings (SSSR count). The molecule has 5 nitrogen and oxygen atoms in total. The van der Waals surface area contributed by atoms with E-state index in [0.717, 1.165) is 5.56 Å². The van der Waals surface area contributed by atoms with Gasteiger partial charge in [-0.3, -0.25) is 9.59 Å². The molecule has 0 atom stereocenters. The number of ether oxygens (including phenoxy) is 2. The zero-order valence-corrected chi connectivity index (χ0v) is 14.2. The molecule has 0 bridgehead atoms. The van der Waals surface area contributed by atoms with Crippen molar-refractivity contribution in [1.29, 1.82) is 0 Å². The van der Waals surface area contributed by atoms with Gasteiger partial charge in [0.1, 0.15) is 0 Å². The smallest absolute Gasteiger partial charge is 0.310 e. The number of carbonyl (C=O) groups excluding carboxylic acids is 2. The van der Waals surface area contributed by atoms with Crippen molar-refractivity contribution in [2.75, 3.05) is 20.8 Å². The van der Waals surface area contributed by atoms with Crippen molar-refractivity contribution in [2.45, 2.75) is 13.0 Å². The standard InChI is InChI=1S/C19H20FNO4/c1-21(12-15-8-9-17(24-2)16(20)10-15)18(22)13-25-19(23)11-14-6-4-3-5-7-14/h3-10H,11-13H2,1-2H3. The lowest BCUT2D eigenvalue weighted by Gasteiger charge is -2.17. The molecule has 0 aliphatic carbocycles. The minimum Gasteiger partial charge on any atom is -0.494 e. The molecule has 0 aliphatic rings. The van der Waals surface area contributed by atoms with E-state index in [1.807, 2.05) is 30.3 Å². The Labute approximate surface area is 146 Å². The van der Waals surface area contributed by atoms with Crippen LogP contribution in [0.3, 0.4) is 0 Å². The molecule has 0 saturated heterocycles. The van der Waals surface area contributed by atoms with Crippen LogP contribution < -0.4 is 4.74 Å². The maximum absolute atomic E-state index is 13.7. The molecule has 0 unspecified atom stereocenters. The Morgan fingerprint density at radius 2 is 1.80 bits per heavy atom. The molecule has 2 aromatic rings. The van der Waals surface area contributed by atoms with Gasteiger partial charge in [0.2, 0.25) is 0 Å². The number of rotatable bonds is 7. The van der Waals surface area contributed by atoms with Gasteiger partial charge in [0.25, 0.3) is 5.91 Å². The Balaban J connectivity index is 1.81. The molecule has 0 saturated carbocycles. The molecule has 132 valence electrons. The molecule has 0 fully saturated rings. The van der Waals surface area contributed by atoms with Gasteiger partial charge in [0.05, 0.1) is 13.5 Å². The van der Waals surface area contributed by atoms with E-state index in [0.29, 0.717) is 5.56 Å². The summed E-state index contributed by atoms with van der Waals surface area (Å²) >= 11 is 0. The fraction of sp³-hybridized carbons (Fsp3) is 0.263. The minimum absolute atomic E-state index is 0.113. The van der Waals surface area contributed by atoms with E-state index in [2.05, 4.69) is 0 Å². The predicted molar refractivity (Wildman–Crippen MR) is 90.5 cm³/mol. The van der Waals surface area contributed by atoms with Gasteiger partial charge in [-0.05, 0) is 23.3 Å². The Morgan fingerprint density at radius 1 is 1.08 bits per heavy atom. The number of methoxy groups -OCH3 is 1. The summed E-state index contributed by atoms with van der Waals surface area (Å²) in [6, 6.07) is 13.6. The van der Waals surface area contributed by atoms with Crippen LogP contribution in [-0.4, -0.2) is 37.5 Å². The summed E-state index contributed by atoms with van der Waals surface area (Å²) in [6.07, 6.45) is 0.113. The number of halogens is 1. The van der Waals surface area contributed by atoms with Crippen LogP contribution in [0, 0.1) is 5.82 Å². The summed E-state index contributed by atoms with van der Waals surface area (Å²) < 4.78 is 23.5. The summed E-state index contributed by atoms with van der Waals surface area (Å²) in [5.41, 5.74) is 1.44. The molecular formula is C19H20FNO4. The van der Waals surface area contributed by atoms with Crippen LogP contribution in [-0.2, 0) is 27.3 Å². The van der Waals surface area contributed by atoms with Crippen LogP contribution in [0.5, 0.6) is 5.75 Å². The SMILES string of the molecule is COc1ccc(CN(C)C(=O)COC(=O)Cc2ccccc2)cc1F. The van der Waals surface area contributed by atoms with Gasteiger partial charge >= 0.3 is 5.97 Å². The summed E-state index contributed by atoms with van der Waals surface area (Å²) in [5, 5.41) is 0. The van der Waals surface area contributed by atoms with Gasteiger partial charge in [0.15, 0.2) is 18.2 Å². The van der Waals surface area contributed by atoms with E-state index in [1.54, 1.807) is 13.1 Å². The zero-order valence-electron chi connectivity index (χ0n) is 14.2. The van der Waals surface area contributed by atoms with Gasteiger partial charge in [-0.25, -0.2) is 4.39 Å². The number of hydrogen-bond acceptors (Lipinski definition) is 4. The molecule has 1 amide bonds. The topological polar surface area (TPSA) is 55.8 Å². The first kappa shape index (κ1) is 18.4. The van der Waals surface area contributed by atoms with E-state index in [4.69, 9.17) is 9.47 Å². The quantitative estimate of drug-likeness (QED) is 0.724. The summed E-state index contributed by atoms with van der Waals surface area (Å²) in [5.74, 6) is -1.18. The molecule has 0 N–H and O–H groups in total. The highest BCUT2D eigenvalue weighted by molar-refractivity contribution is 5.81. The highest BCUT2D eigenvalue weighted by atomic mass is 19.1. The lowest BCUT2D eigenvalue weighted by molar-refractivity contribution is -0.151. The van der Waals surface area contributed by atoms with Gasteiger partial charge in [0, 0.05) is 13.6 Å². The fourth-order valence-corrected chi connectivity index (χ4v) is 2.24. The molecule has 0 aromatic heterocycles. The Morgan fingerprint density at radius 3 is 2.44 bits per heavy atom. The molecule has 25 heavy (non-hydrogen) atoms. The molecule has 0 radical (unpaired) electrons. The number of benzene rings is 2. The predicted octanol–water partition coefficient (Wildman–Crippen LogP) is 2.58. The van der Waals surface area contributed by atoms with Gasteiger partial charge in [-0.15, -0.1) is 0 Å². The number of amides is 1. The Kier molecular flexibility index (Phi) is 6.51. The van der Waals surface area contributed by atoms with Gasteiger partial charge < -0.3 is 14.4 Å². The normalized spacial score (nSPS) is 10.2. The average Bonchev–Trinajstić information content (AvgIpc) is 2.60. The molecule has 0 spiro atoms. The summed E-state index contributed by atoms with van der Waals surface area (Å²) in [6.45, 7) is -0.142. The number of carbonyl (C=O) groups is 2. The molecule has 6 heteroatoms. The van der Waals surface area contributed by atoms with Crippen molar-refractivity contribution < 1.29 is 23.5 Å². The lowest BCUT2D eigenvalue weighted by Crippen LogP contribution is -2.31. The van der Waals surface area contributed by atoms with Crippen LogP contribution in [0.15, 0.2) is 48.5 Å². The fourth-order valence-electron chi connectivity index (χ4n) is 2.24. The first-order valence-electron chi connectivity index (χ1n) is 7.75. The van der Waals surface area contributed by atoms with Crippen LogP contribution in [0.1, 0.15) is 11.1 Å². The zero-order chi connectivity index (χ0) is 18.2. The third-order valence-electron chi connectivity index (χ3n) is 3.61. The van der Waals surface area contributed by atoms with E-state index >= 15 is 0 Å². The van der Waals surface area contributed by atoms with E-state index in [1.165, 1.54) is 24.1 Å². The first-order valence-corrected chi connectivity index (χ1v) is 7.75. The largest absolute Gasteiger partial charge is 0.494 e. The van der Waals surface area contributed by atoms with Crippen LogP contribution in [0.25, 0.3) is 0 Å². The van der Waals surface area contributed by atoms with E-state index < -0.39 is 11.8 Å². The summed E-state index contributed by atoms with van der Waals surface area (Å²) in [7, 11) is 2.95. The lowest BCUT2D eigenvalue weighted by atomic mass is 10.2. The van der Waals surface area contributed by atoms with Crippen molar-refractivity contribution in [1.82, 2.24) is 4.90 Å². The maximum atomic E-state index is 13.7. The van der Waals surface area contributed by atoms with Crippen molar-refractivity contribution in [2.24, 2.45) is 0 Å². The molecule has 2 aromatic carbocycles. The molecular weight excluding hydrogens is 325 g/mol.